The first-order valence-electron chi connectivity index (χ1n) is 8.82. The van der Waals surface area contributed by atoms with Crippen LogP contribution in [0.5, 0.6) is 0 Å². The molecule has 0 saturated carbocycles. The van der Waals surface area contributed by atoms with Gasteiger partial charge in [-0.3, -0.25) is 9.79 Å². The molecule has 2 aliphatic heterocycles. The molecule has 0 aliphatic carbocycles. The van der Waals surface area contributed by atoms with Crippen molar-refractivity contribution in [2.45, 2.75) is 45.4 Å². The molecule has 2 fully saturated rings. The van der Waals surface area contributed by atoms with E-state index >= 15 is 0 Å². The highest BCUT2D eigenvalue weighted by atomic mass is 127. The molecule has 1 N–H and O–H groups in total. The molecule has 2 saturated heterocycles. The highest BCUT2D eigenvalue weighted by molar-refractivity contribution is 14.0. The monoisotopic (exact) mass is 467 g/mol. The molecule has 25 heavy (non-hydrogen) atoms. The maximum absolute atomic E-state index is 12.6. The normalized spacial score (nSPS) is 25.2. The topological polar surface area (TPSA) is 60.4 Å². The van der Waals surface area contributed by atoms with Crippen LogP contribution in [0.3, 0.4) is 0 Å². The second-order valence-corrected chi connectivity index (χ2v) is 7.71. The number of morpholine rings is 1. The third-order valence-electron chi connectivity index (χ3n) is 4.68. The average molecular weight is 467 g/mol. The van der Waals surface area contributed by atoms with Gasteiger partial charge in [-0.05, 0) is 34.7 Å². The number of nitrogens with zero attached hydrogens (tertiary/aromatic N) is 4. The number of carbonyl (C=O) groups is 1. The number of piperazine rings is 1. The fraction of sp³-hybridized carbons (Fsp3) is 0.882. The molecule has 0 bridgehead atoms. The van der Waals surface area contributed by atoms with Crippen LogP contribution in [0, 0.1) is 0 Å². The molecule has 1 amide bonds. The number of amides is 1. The SMILES string of the molecule is CN=C(NCC1CN(C)CCO1)N1CC(=O)N(C(C)C)C(C)(C)C1.I. The summed E-state index contributed by atoms with van der Waals surface area (Å²) in [6.07, 6.45) is 0.154. The summed E-state index contributed by atoms with van der Waals surface area (Å²) in [5.41, 5.74) is -0.220. The van der Waals surface area contributed by atoms with E-state index in [4.69, 9.17) is 4.74 Å². The van der Waals surface area contributed by atoms with Gasteiger partial charge in [0.1, 0.15) is 0 Å². The van der Waals surface area contributed by atoms with Crippen LogP contribution in [0.4, 0.5) is 0 Å². The Hall–Kier alpha value is -0.610. The first-order chi connectivity index (χ1) is 11.2. The first kappa shape index (κ1) is 22.4. The number of ether oxygens (including phenoxy) is 1. The standard InChI is InChI=1S/C17H33N5O2.HI/c1-13(2)22-15(23)11-21(12-17(22,3)4)16(18-5)19-9-14-10-20(6)7-8-24-14;/h13-14H,7-12H2,1-6H3,(H,18,19);1H. The van der Waals surface area contributed by atoms with Crippen LogP contribution in [-0.4, -0.2) is 97.7 Å². The summed E-state index contributed by atoms with van der Waals surface area (Å²) in [5, 5.41) is 3.39. The minimum atomic E-state index is -0.220. The van der Waals surface area contributed by atoms with Gasteiger partial charge in [0.25, 0.3) is 0 Å². The predicted molar refractivity (Wildman–Crippen MR) is 112 cm³/mol. The van der Waals surface area contributed by atoms with Crippen molar-refractivity contribution in [2.24, 2.45) is 4.99 Å². The maximum Gasteiger partial charge on any atom is 0.242 e. The second-order valence-electron chi connectivity index (χ2n) is 7.71. The minimum absolute atomic E-state index is 0. The van der Waals surface area contributed by atoms with Gasteiger partial charge in [-0.2, -0.15) is 0 Å². The molecule has 0 aromatic carbocycles. The molecule has 7 nitrogen and oxygen atoms in total. The number of hydrogen-bond acceptors (Lipinski definition) is 4. The first-order valence-corrected chi connectivity index (χ1v) is 8.82. The van der Waals surface area contributed by atoms with E-state index in [2.05, 4.69) is 50.0 Å². The molecule has 8 heteroatoms. The Bertz CT molecular complexity index is 484. The van der Waals surface area contributed by atoms with E-state index < -0.39 is 0 Å². The summed E-state index contributed by atoms with van der Waals surface area (Å²) < 4.78 is 5.79. The minimum Gasteiger partial charge on any atom is -0.374 e. The van der Waals surface area contributed by atoms with Gasteiger partial charge in [-0.25, -0.2) is 0 Å². The molecule has 0 aromatic heterocycles. The summed E-state index contributed by atoms with van der Waals surface area (Å²) in [7, 11) is 3.87. The zero-order valence-electron chi connectivity index (χ0n) is 16.4. The van der Waals surface area contributed by atoms with Crippen molar-refractivity contribution in [1.29, 1.82) is 0 Å². The van der Waals surface area contributed by atoms with E-state index in [9.17, 15) is 4.79 Å². The Balaban J connectivity index is 0.00000312. The molecule has 2 heterocycles. The molecule has 0 spiro atoms. The van der Waals surface area contributed by atoms with Gasteiger partial charge in [0.15, 0.2) is 5.96 Å². The number of hydrogen-bond donors (Lipinski definition) is 1. The van der Waals surface area contributed by atoms with Crippen molar-refractivity contribution >= 4 is 35.8 Å². The zero-order valence-corrected chi connectivity index (χ0v) is 18.7. The summed E-state index contributed by atoms with van der Waals surface area (Å²) in [6.45, 7) is 12.9. The Morgan fingerprint density at radius 2 is 2.12 bits per heavy atom. The molecule has 1 unspecified atom stereocenters. The molecule has 1 atom stereocenters. The van der Waals surface area contributed by atoms with Gasteiger partial charge >= 0.3 is 0 Å². The molecule has 0 radical (unpaired) electrons. The Morgan fingerprint density at radius 1 is 1.44 bits per heavy atom. The van der Waals surface area contributed by atoms with E-state index in [0.29, 0.717) is 13.1 Å². The van der Waals surface area contributed by atoms with Gasteiger partial charge in [-0.1, -0.05) is 0 Å². The zero-order chi connectivity index (χ0) is 17.9. The number of aliphatic imine (C=N–C) groups is 1. The lowest BCUT2D eigenvalue weighted by Gasteiger charge is -2.49. The van der Waals surface area contributed by atoms with Crippen molar-refractivity contribution < 1.29 is 9.53 Å². The lowest BCUT2D eigenvalue weighted by atomic mass is 9.96. The van der Waals surface area contributed by atoms with Crippen LogP contribution in [0.25, 0.3) is 0 Å². The number of carbonyl (C=O) groups excluding carboxylic acids is 1. The molecular formula is C17H34IN5O2. The Kier molecular flexibility index (Phi) is 8.40. The van der Waals surface area contributed by atoms with Crippen molar-refractivity contribution in [3.8, 4) is 0 Å². The van der Waals surface area contributed by atoms with E-state index in [1.807, 2.05) is 9.80 Å². The van der Waals surface area contributed by atoms with Crippen LogP contribution >= 0.6 is 24.0 Å². The number of likely N-dealkylation sites (N-methyl/N-ethyl adjacent to an activating group) is 1. The summed E-state index contributed by atoms with van der Waals surface area (Å²) in [4.78, 5) is 23.3. The third-order valence-corrected chi connectivity index (χ3v) is 4.68. The van der Waals surface area contributed by atoms with Crippen LogP contribution in [-0.2, 0) is 9.53 Å². The number of halogens is 1. The predicted octanol–water partition coefficient (Wildman–Crippen LogP) is 0.842. The van der Waals surface area contributed by atoms with Gasteiger partial charge in [0, 0.05) is 39.3 Å². The quantitative estimate of drug-likeness (QED) is 0.379. The third kappa shape index (κ3) is 5.68. The molecule has 0 aromatic rings. The number of guanidine groups is 1. The fourth-order valence-corrected chi connectivity index (χ4v) is 3.84. The fourth-order valence-electron chi connectivity index (χ4n) is 3.84. The summed E-state index contributed by atoms with van der Waals surface area (Å²) >= 11 is 0. The molecule has 2 aliphatic rings. The molecular weight excluding hydrogens is 433 g/mol. The lowest BCUT2D eigenvalue weighted by Crippen LogP contribution is -2.66. The number of nitrogens with one attached hydrogen (secondary N) is 1. The van der Waals surface area contributed by atoms with Crippen molar-refractivity contribution in [3.63, 3.8) is 0 Å². The van der Waals surface area contributed by atoms with E-state index in [-0.39, 0.29) is 47.6 Å². The summed E-state index contributed by atoms with van der Waals surface area (Å²) in [5.74, 6) is 0.925. The van der Waals surface area contributed by atoms with Crippen molar-refractivity contribution in [3.05, 3.63) is 0 Å². The Labute approximate surface area is 169 Å². The smallest absolute Gasteiger partial charge is 0.242 e. The van der Waals surface area contributed by atoms with E-state index in [1.54, 1.807) is 7.05 Å². The van der Waals surface area contributed by atoms with Crippen LogP contribution in [0.15, 0.2) is 4.99 Å². The van der Waals surface area contributed by atoms with E-state index in [1.165, 1.54) is 0 Å². The highest BCUT2D eigenvalue weighted by Crippen LogP contribution is 2.24. The van der Waals surface area contributed by atoms with Gasteiger partial charge < -0.3 is 24.8 Å². The number of rotatable bonds is 3. The van der Waals surface area contributed by atoms with Gasteiger partial charge in [0.2, 0.25) is 5.91 Å². The Morgan fingerprint density at radius 3 is 2.64 bits per heavy atom. The van der Waals surface area contributed by atoms with Gasteiger partial charge in [0.05, 0.1) is 24.8 Å². The molecule has 2 rings (SSSR count). The van der Waals surface area contributed by atoms with Gasteiger partial charge in [-0.15, -0.1) is 24.0 Å². The van der Waals surface area contributed by atoms with Crippen molar-refractivity contribution in [1.82, 2.24) is 20.0 Å². The molecule has 146 valence electrons. The average Bonchev–Trinajstić information content (AvgIpc) is 2.45. The lowest BCUT2D eigenvalue weighted by molar-refractivity contribution is -0.145. The van der Waals surface area contributed by atoms with Crippen LogP contribution < -0.4 is 5.32 Å². The van der Waals surface area contributed by atoms with E-state index in [0.717, 1.165) is 32.2 Å². The highest BCUT2D eigenvalue weighted by Gasteiger charge is 2.40. The second kappa shape index (κ2) is 9.36. The van der Waals surface area contributed by atoms with Crippen molar-refractivity contribution in [2.75, 3.05) is 53.4 Å². The largest absolute Gasteiger partial charge is 0.374 e. The summed E-state index contributed by atoms with van der Waals surface area (Å²) in [6, 6.07) is 0.204. The van der Waals surface area contributed by atoms with Crippen LogP contribution in [0.1, 0.15) is 27.7 Å². The van der Waals surface area contributed by atoms with Crippen LogP contribution in [0.2, 0.25) is 0 Å². The maximum atomic E-state index is 12.6.